The summed E-state index contributed by atoms with van der Waals surface area (Å²) in [6, 6.07) is 0. The molecule has 3 fully saturated rings. The van der Waals surface area contributed by atoms with E-state index in [0.717, 1.165) is 44.3 Å². The SMILES string of the molecule is COC(=O)[C@@H]1C[C@@]23CN(C)C[C@@H](CCC4=C2[C@H]1CC4=O)[C@@]31CC[C@](O)(C(C)C)OC1. The average molecular weight is 418 g/mol. The molecule has 30 heavy (non-hydrogen) atoms. The molecule has 0 aromatic carbocycles. The number of likely N-dealkylation sites (tertiary alicyclic amines) is 1. The first-order valence-corrected chi connectivity index (χ1v) is 11.6. The number of allylic oxidation sites excluding steroid dienone is 1. The molecule has 2 bridgehead atoms. The second-order valence-corrected chi connectivity index (χ2v) is 10.9. The van der Waals surface area contributed by atoms with Crippen LogP contribution in [-0.4, -0.2) is 61.4 Å². The molecule has 5 rings (SSSR count). The summed E-state index contributed by atoms with van der Waals surface area (Å²) < 4.78 is 11.5. The Hall–Kier alpha value is -1.24. The van der Waals surface area contributed by atoms with Crippen LogP contribution < -0.4 is 0 Å². The summed E-state index contributed by atoms with van der Waals surface area (Å²) in [6.45, 7) is 6.35. The number of carbonyl (C=O) groups is 2. The van der Waals surface area contributed by atoms with Gasteiger partial charge in [0.2, 0.25) is 0 Å². The molecule has 2 aliphatic heterocycles. The summed E-state index contributed by atoms with van der Waals surface area (Å²) in [5.74, 6) is -0.877. The second-order valence-electron chi connectivity index (χ2n) is 10.9. The van der Waals surface area contributed by atoms with Crippen LogP contribution in [-0.2, 0) is 19.1 Å². The van der Waals surface area contributed by atoms with Gasteiger partial charge in [-0.15, -0.1) is 0 Å². The quantitative estimate of drug-likeness (QED) is 0.696. The van der Waals surface area contributed by atoms with Crippen LogP contribution in [0.4, 0.5) is 0 Å². The molecule has 2 spiro atoms. The largest absolute Gasteiger partial charge is 0.469 e. The molecule has 6 heteroatoms. The lowest BCUT2D eigenvalue weighted by molar-refractivity contribution is -0.300. The lowest BCUT2D eigenvalue weighted by atomic mass is 9.50. The second kappa shape index (κ2) is 6.63. The van der Waals surface area contributed by atoms with E-state index in [4.69, 9.17) is 9.47 Å². The molecular weight excluding hydrogens is 382 g/mol. The predicted octanol–water partition coefficient (Wildman–Crippen LogP) is 2.55. The molecule has 6 nitrogen and oxygen atoms in total. The van der Waals surface area contributed by atoms with Gasteiger partial charge < -0.3 is 19.5 Å². The number of methoxy groups -OCH3 is 1. The molecule has 0 aromatic rings. The van der Waals surface area contributed by atoms with Crippen LogP contribution in [0.1, 0.15) is 52.4 Å². The maximum Gasteiger partial charge on any atom is 0.309 e. The minimum Gasteiger partial charge on any atom is -0.469 e. The Balaban J connectivity index is 1.65. The van der Waals surface area contributed by atoms with Crippen molar-refractivity contribution in [2.24, 2.45) is 34.5 Å². The normalized spacial score (nSPS) is 45.8. The highest BCUT2D eigenvalue weighted by Gasteiger charge is 2.70. The number of Topliss-reactive ketones (excluding diaryl/α,β-unsaturated/α-hetero) is 1. The first kappa shape index (κ1) is 20.7. The van der Waals surface area contributed by atoms with Crippen molar-refractivity contribution < 1.29 is 24.2 Å². The van der Waals surface area contributed by atoms with Crippen LogP contribution in [0, 0.1) is 34.5 Å². The maximum absolute atomic E-state index is 13.0. The summed E-state index contributed by atoms with van der Waals surface area (Å²) in [5, 5.41) is 11.0. The fourth-order valence-corrected chi connectivity index (χ4v) is 7.97. The summed E-state index contributed by atoms with van der Waals surface area (Å²) in [7, 11) is 3.62. The average Bonchev–Trinajstić information content (AvgIpc) is 3.18. The zero-order valence-electron chi connectivity index (χ0n) is 18.7. The van der Waals surface area contributed by atoms with E-state index in [2.05, 4.69) is 11.9 Å². The van der Waals surface area contributed by atoms with Crippen molar-refractivity contribution in [2.45, 2.75) is 58.2 Å². The van der Waals surface area contributed by atoms with Crippen LogP contribution >= 0.6 is 0 Å². The Morgan fingerprint density at radius 3 is 2.73 bits per heavy atom. The van der Waals surface area contributed by atoms with E-state index in [9.17, 15) is 14.7 Å². The number of hydrogen-bond acceptors (Lipinski definition) is 6. The van der Waals surface area contributed by atoms with Gasteiger partial charge in [-0.3, -0.25) is 9.59 Å². The Morgan fingerprint density at radius 1 is 1.33 bits per heavy atom. The minimum atomic E-state index is -1.09. The van der Waals surface area contributed by atoms with Gasteiger partial charge in [-0.25, -0.2) is 0 Å². The summed E-state index contributed by atoms with van der Waals surface area (Å²) >= 11 is 0. The Kier molecular flexibility index (Phi) is 4.56. The number of ether oxygens (including phenoxy) is 2. The highest BCUT2D eigenvalue weighted by molar-refractivity contribution is 6.01. The fraction of sp³-hybridized carbons (Fsp3) is 0.833. The molecule has 5 aliphatic rings. The molecule has 2 saturated heterocycles. The van der Waals surface area contributed by atoms with Crippen LogP contribution in [0.25, 0.3) is 0 Å². The van der Waals surface area contributed by atoms with Gasteiger partial charge in [0.15, 0.2) is 11.6 Å². The smallest absolute Gasteiger partial charge is 0.309 e. The lowest BCUT2D eigenvalue weighted by Gasteiger charge is -2.62. The molecule has 1 N–H and O–H groups in total. The van der Waals surface area contributed by atoms with E-state index in [-0.39, 0.29) is 40.3 Å². The number of nitrogens with zero attached hydrogens (tertiary/aromatic N) is 1. The molecule has 0 radical (unpaired) electrons. The minimum absolute atomic E-state index is 0.0204. The molecule has 1 saturated carbocycles. The molecule has 0 unspecified atom stereocenters. The number of piperidine rings is 1. The van der Waals surface area contributed by atoms with E-state index in [1.54, 1.807) is 0 Å². The number of aliphatic hydroxyl groups is 1. The van der Waals surface area contributed by atoms with E-state index in [0.29, 0.717) is 25.4 Å². The summed E-state index contributed by atoms with van der Waals surface area (Å²) in [5.41, 5.74) is 1.89. The van der Waals surface area contributed by atoms with Gasteiger partial charge in [-0.2, -0.15) is 0 Å². The number of esters is 1. The zero-order chi connectivity index (χ0) is 21.5. The highest BCUT2D eigenvalue weighted by Crippen LogP contribution is 2.71. The molecule has 0 aromatic heterocycles. The summed E-state index contributed by atoms with van der Waals surface area (Å²) in [6.07, 6.45) is 4.47. The van der Waals surface area contributed by atoms with Crippen molar-refractivity contribution in [1.29, 1.82) is 0 Å². The predicted molar refractivity (Wildman–Crippen MR) is 110 cm³/mol. The van der Waals surface area contributed by atoms with E-state index >= 15 is 0 Å². The molecule has 2 heterocycles. The van der Waals surface area contributed by atoms with Gasteiger partial charge >= 0.3 is 5.97 Å². The number of carbonyl (C=O) groups excluding carboxylic acids is 2. The van der Waals surface area contributed by atoms with Crippen molar-refractivity contribution >= 4 is 11.8 Å². The number of rotatable bonds is 2. The van der Waals surface area contributed by atoms with Gasteiger partial charge in [0.25, 0.3) is 0 Å². The lowest BCUT2D eigenvalue weighted by Crippen LogP contribution is -2.64. The first-order chi connectivity index (χ1) is 14.2. The third-order valence-electron chi connectivity index (χ3n) is 9.47. The van der Waals surface area contributed by atoms with Crippen LogP contribution in [0.2, 0.25) is 0 Å². The third kappa shape index (κ3) is 2.47. The van der Waals surface area contributed by atoms with Crippen molar-refractivity contribution in [1.82, 2.24) is 4.90 Å². The summed E-state index contributed by atoms with van der Waals surface area (Å²) in [4.78, 5) is 28.2. The monoisotopic (exact) mass is 417 g/mol. The van der Waals surface area contributed by atoms with Crippen LogP contribution in [0.5, 0.6) is 0 Å². The van der Waals surface area contributed by atoms with Crippen LogP contribution in [0.15, 0.2) is 11.1 Å². The number of hydrogen-bond donors (Lipinski definition) is 1. The fourth-order valence-electron chi connectivity index (χ4n) is 7.97. The van der Waals surface area contributed by atoms with Gasteiger partial charge in [0, 0.05) is 48.6 Å². The topological polar surface area (TPSA) is 76.1 Å². The number of ketones is 1. The van der Waals surface area contributed by atoms with Gasteiger partial charge in [0.05, 0.1) is 19.6 Å². The van der Waals surface area contributed by atoms with Gasteiger partial charge in [0.1, 0.15) is 0 Å². The molecular formula is C24H35NO5. The van der Waals surface area contributed by atoms with E-state index in [1.807, 2.05) is 13.8 Å². The van der Waals surface area contributed by atoms with Gasteiger partial charge in [-0.05, 0) is 44.2 Å². The Bertz CT molecular complexity index is 808. The van der Waals surface area contributed by atoms with Gasteiger partial charge in [-0.1, -0.05) is 19.4 Å². The van der Waals surface area contributed by atoms with Crippen LogP contribution in [0.3, 0.4) is 0 Å². The first-order valence-electron chi connectivity index (χ1n) is 11.6. The maximum atomic E-state index is 13.0. The molecule has 166 valence electrons. The Labute approximate surface area is 179 Å². The molecule has 0 amide bonds. The van der Waals surface area contributed by atoms with Crippen molar-refractivity contribution in [3.63, 3.8) is 0 Å². The highest BCUT2D eigenvalue weighted by atomic mass is 16.6. The molecule has 3 aliphatic carbocycles. The zero-order valence-corrected chi connectivity index (χ0v) is 18.7. The van der Waals surface area contributed by atoms with E-state index < -0.39 is 5.79 Å². The molecule has 6 atom stereocenters. The van der Waals surface area contributed by atoms with Crippen molar-refractivity contribution in [2.75, 3.05) is 33.9 Å². The van der Waals surface area contributed by atoms with Crippen molar-refractivity contribution in [3.8, 4) is 0 Å². The van der Waals surface area contributed by atoms with E-state index in [1.165, 1.54) is 12.7 Å². The third-order valence-corrected chi connectivity index (χ3v) is 9.47. The van der Waals surface area contributed by atoms with Crippen molar-refractivity contribution in [3.05, 3.63) is 11.1 Å². The standard InChI is InChI=1S/C24H35NO5/c1-14(2)24(28)8-7-22(13-30-24)15-5-6-16-19(26)9-17-18(21(27)29-4)10-23(22,20(16)17)12-25(3)11-15/h14-15,17-18,28H,5-13H2,1-4H3/t15-,17+,18-,22+,23-,24-/m1/s1. The Morgan fingerprint density at radius 2 is 2.10 bits per heavy atom.